The van der Waals surface area contributed by atoms with Crippen molar-refractivity contribution in [2.45, 2.75) is 12.5 Å². The Bertz CT molecular complexity index is 870. The van der Waals surface area contributed by atoms with Crippen LogP contribution in [-0.4, -0.2) is 19.1 Å². The first-order valence-electron chi connectivity index (χ1n) is 9.07. The Morgan fingerprint density at radius 1 is 0.815 bits per heavy atom. The van der Waals surface area contributed by atoms with E-state index < -0.39 is 0 Å². The zero-order valence-electron chi connectivity index (χ0n) is 14.9. The minimum atomic E-state index is -0.343. The van der Waals surface area contributed by atoms with E-state index in [0.29, 0.717) is 19.8 Å². The fraction of sp³-hybridized carbons (Fsp3) is 0.174. The van der Waals surface area contributed by atoms with E-state index in [1.165, 1.54) is 0 Å². The van der Waals surface area contributed by atoms with E-state index in [1.807, 2.05) is 78.9 Å². The van der Waals surface area contributed by atoms with Crippen molar-refractivity contribution in [2.24, 2.45) is 0 Å². The number of carbonyl (C=O) groups excluding carboxylic acids is 1. The first kappa shape index (κ1) is 17.2. The average molecular weight is 359 g/mol. The van der Waals surface area contributed by atoms with Gasteiger partial charge in [-0.2, -0.15) is 0 Å². The van der Waals surface area contributed by atoms with E-state index in [2.05, 4.69) is 5.32 Å². The van der Waals surface area contributed by atoms with Gasteiger partial charge < -0.3 is 14.8 Å². The number of rotatable bonds is 5. The summed E-state index contributed by atoms with van der Waals surface area (Å²) in [6.45, 7) is 1.55. The summed E-state index contributed by atoms with van der Waals surface area (Å²) in [5.74, 6) is 1.12. The predicted octanol–water partition coefficient (Wildman–Crippen LogP) is 3.91. The molecule has 1 N–H and O–H groups in total. The monoisotopic (exact) mass is 359 g/mol. The molecule has 4 rings (SSSR count). The van der Waals surface area contributed by atoms with Crippen molar-refractivity contribution in [1.29, 1.82) is 0 Å². The van der Waals surface area contributed by atoms with Crippen molar-refractivity contribution in [2.75, 3.05) is 13.2 Å². The molecule has 3 aromatic carbocycles. The lowest BCUT2D eigenvalue weighted by atomic mass is 9.90. The number of fused-ring (bicyclic) bond motifs is 1. The second-order valence-corrected chi connectivity index (χ2v) is 6.45. The summed E-state index contributed by atoms with van der Waals surface area (Å²) in [5, 5.41) is 3.07. The smallest absolute Gasteiger partial charge is 0.232 e. The highest BCUT2D eigenvalue weighted by Crippen LogP contribution is 2.31. The highest BCUT2D eigenvalue weighted by atomic mass is 16.6. The Morgan fingerprint density at radius 2 is 1.41 bits per heavy atom. The van der Waals surface area contributed by atoms with E-state index in [9.17, 15) is 4.79 Å². The fourth-order valence-electron chi connectivity index (χ4n) is 3.28. The lowest BCUT2D eigenvalue weighted by Gasteiger charge is -2.20. The Labute approximate surface area is 158 Å². The Balaban J connectivity index is 1.52. The summed E-state index contributed by atoms with van der Waals surface area (Å²) in [6, 6.07) is 25.5. The molecule has 0 saturated carbocycles. The van der Waals surface area contributed by atoms with Crippen LogP contribution in [0.4, 0.5) is 0 Å². The fourth-order valence-corrected chi connectivity index (χ4v) is 3.28. The van der Waals surface area contributed by atoms with Crippen LogP contribution in [-0.2, 0) is 11.3 Å². The SMILES string of the molecule is O=C(NCc1ccc2c(c1)OCCO2)C(c1ccccc1)c1ccccc1. The number of amides is 1. The third-order valence-corrected chi connectivity index (χ3v) is 4.60. The molecule has 1 amide bonds. The topological polar surface area (TPSA) is 47.6 Å². The van der Waals surface area contributed by atoms with Crippen LogP contribution in [0.2, 0.25) is 0 Å². The Hall–Kier alpha value is -3.27. The van der Waals surface area contributed by atoms with E-state index in [4.69, 9.17) is 9.47 Å². The first-order valence-corrected chi connectivity index (χ1v) is 9.07. The van der Waals surface area contributed by atoms with Crippen molar-refractivity contribution in [3.63, 3.8) is 0 Å². The number of carbonyl (C=O) groups is 1. The maximum Gasteiger partial charge on any atom is 0.232 e. The minimum Gasteiger partial charge on any atom is -0.486 e. The van der Waals surface area contributed by atoms with Crippen molar-refractivity contribution in [3.8, 4) is 11.5 Å². The van der Waals surface area contributed by atoms with E-state index in [0.717, 1.165) is 28.2 Å². The van der Waals surface area contributed by atoms with Gasteiger partial charge in [0.15, 0.2) is 11.5 Å². The molecule has 4 nitrogen and oxygen atoms in total. The molecule has 3 aromatic rings. The number of nitrogens with one attached hydrogen (secondary N) is 1. The van der Waals surface area contributed by atoms with Crippen molar-refractivity contribution < 1.29 is 14.3 Å². The molecule has 0 bridgehead atoms. The van der Waals surface area contributed by atoms with Crippen LogP contribution in [0.25, 0.3) is 0 Å². The first-order chi connectivity index (χ1) is 13.3. The van der Waals surface area contributed by atoms with Gasteiger partial charge in [-0.25, -0.2) is 0 Å². The zero-order valence-corrected chi connectivity index (χ0v) is 14.9. The van der Waals surface area contributed by atoms with Crippen molar-refractivity contribution in [3.05, 3.63) is 95.6 Å². The second kappa shape index (κ2) is 7.96. The highest BCUT2D eigenvalue weighted by Gasteiger charge is 2.22. The van der Waals surface area contributed by atoms with Gasteiger partial charge in [-0.15, -0.1) is 0 Å². The molecule has 0 atom stereocenters. The molecule has 1 aliphatic rings. The molecule has 0 saturated heterocycles. The van der Waals surface area contributed by atoms with Gasteiger partial charge in [-0.3, -0.25) is 4.79 Å². The minimum absolute atomic E-state index is 0.0257. The van der Waals surface area contributed by atoms with E-state index in [-0.39, 0.29) is 11.8 Å². The standard InChI is InChI=1S/C23H21NO3/c25-23(24-16-17-11-12-20-21(15-17)27-14-13-26-20)22(18-7-3-1-4-8-18)19-9-5-2-6-10-19/h1-12,15,22H,13-14,16H2,(H,24,25). The van der Waals surface area contributed by atoms with Crippen molar-refractivity contribution >= 4 is 5.91 Å². The maximum atomic E-state index is 13.0. The Morgan fingerprint density at radius 3 is 2.04 bits per heavy atom. The summed E-state index contributed by atoms with van der Waals surface area (Å²) < 4.78 is 11.2. The molecule has 1 aliphatic heterocycles. The second-order valence-electron chi connectivity index (χ2n) is 6.45. The highest BCUT2D eigenvalue weighted by molar-refractivity contribution is 5.87. The van der Waals surface area contributed by atoms with Crippen LogP contribution in [0.1, 0.15) is 22.6 Å². The lowest BCUT2D eigenvalue weighted by Crippen LogP contribution is -2.29. The van der Waals surface area contributed by atoms with Crippen LogP contribution >= 0.6 is 0 Å². The van der Waals surface area contributed by atoms with Gasteiger partial charge in [-0.05, 0) is 28.8 Å². The number of hydrogen-bond acceptors (Lipinski definition) is 3. The normalized spacial score (nSPS) is 12.6. The molecule has 0 aliphatic carbocycles. The summed E-state index contributed by atoms with van der Waals surface area (Å²) in [5.41, 5.74) is 2.93. The van der Waals surface area contributed by atoms with Crippen LogP contribution in [0.3, 0.4) is 0 Å². The molecule has 136 valence electrons. The largest absolute Gasteiger partial charge is 0.486 e. The van der Waals surface area contributed by atoms with Gasteiger partial charge in [0.2, 0.25) is 5.91 Å². The van der Waals surface area contributed by atoms with Gasteiger partial charge in [0.1, 0.15) is 13.2 Å². The molecule has 0 aromatic heterocycles. The number of benzene rings is 3. The summed E-state index contributed by atoms with van der Waals surface area (Å²) in [4.78, 5) is 13.0. The summed E-state index contributed by atoms with van der Waals surface area (Å²) in [7, 11) is 0. The molecular formula is C23H21NO3. The lowest BCUT2D eigenvalue weighted by molar-refractivity contribution is -0.121. The van der Waals surface area contributed by atoms with Gasteiger partial charge in [-0.1, -0.05) is 66.7 Å². The maximum absolute atomic E-state index is 13.0. The summed E-state index contributed by atoms with van der Waals surface area (Å²) >= 11 is 0. The summed E-state index contributed by atoms with van der Waals surface area (Å²) in [6.07, 6.45) is 0. The van der Waals surface area contributed by atoms with Gasteiger partial charge in [0.05, 0.1) is 5.92 Å². The van der Waals surface area contributed by atoms with Crippen LogP contribution in [0.5, 0.6) is 11.5 Å². The molecular weight excluding hydrogens is 338 g/mol. The van der Waals surface area contributed by atoms with Gasteiger partial charge >= 0.3 is 0 Å². The Kier molecular flexibility index (Phi) is 5.06. The molecule has 0 fully saturated rings. The van der Waals surface area contributed by atoms with Gasteiger partial charge in [0, 0.05) is 6.54 Å². The van der Waals surface area contributed by atoms with Crippen LogP contribution < -0.4 is 14.8 Å². The van der Waals surface area contributed by atoms with E-state index >= 15 is 0 Å². The van der Waals surface area contributed by atoms with Gasteiger partial charge in [0.25, 0.3) is 0 Å². The molecule has 0 radical (unpaired) electrons. The third-order valence-electron chi connectivity index (χ3n) is 4.60. The average Bonchev–Trinajstić information content (AvgIpc) is 2.74. The predicted molar refractivity (Wildman–Crippen MR) is 104 cm³/mol. The van der Waals surface area contributed by atoms with Crippen LogP contribution in [0, 0.1) is 0 Å². The number of hydrogen-bond donors (Lipinski definition) is 1. The zero-order chi connectivity index (χ0) is 18.5. The van der Waals surface area contributed by atoms with Crippen molar-refractivity contribution in [1.82, 2.24) is 5.32 Å². The van der Waals surface area contributed by atoms with E-state index in [1.54, 1.807) is 0 Å². The third kappa shape index (κ3) is 3.95. The van der Waals surface area contributed by atoms with Crippen LogP contribution in [0.15, 0.2) is 78.9 Å². The molecule has 4 heteroatoms. The molecule has 0 spiro atoms. The number of ether oxygens (including phenoxy) is 2. The molecule has 0 unspecified atom stereocenters. The quantitative estimate of drug-likeness (QED) is 0.751. The molecule has 27 heavy (non-hydrogen) atoms. The molecule has 1 heterocycles.